The minimum Gasteiger partial charge on any atom is -0.316 e. The van der Waals surface area contributed by atoms with Gasteiger partial charge in [0.05, 0.1) is 0 Å². The average Bonchev–Trinajstić information content (AvgIpc) is 2.52. The molecule has 1 aromatic rings. The van der Waals surface area contributed by atoms with Crippen LogP contribution in [0.4, 0.5) is 4.79 Å². The molecular formula is C17H25NO3. The zero-order valence-corrected chi connectivity index (χ0v) is 12.8. The Hall–Kier alpha value is -1.71. The fraction of sp³-hybridized carbons (Fsp3) is 0.588. The predicted octanol–water partition coefficient (Wildman–Crippen LogP) is 4.38. The van der Waals surface area contributed by atoms with Crippen molar-refractivity contribution in [3.8, 4) is 5.75 Å². The molecule has 1 saturated carbocycles. The summed E-state index contributed by atoms with van der Waals surface area (Å²) in [6, 6.07) is 7.92. The fourth-order valence-corrected chi connectivity index (χ4v) is 2.68. The Labute approximate surface area is 126 Å². The van der Waals surface area contributed by atoms with E-state index in [2.05, 4.69) is 12.2 Å². The third-order valence-corrected chi connectivity index (χ3v) is 3.91. The largest absolute Gasteiger partial charge is 0.450 e. The summed E-state index contributed by atoms with van der Waals surface area (Å²) < 4.78 is 0. The van der Waals surface area contributed by atoms with Gasteiger partial charge in [-0.3, -0.25) is 4.89 Å². The van der Waals surface area contributed by atoms with Crippen LogP contribution in [0.25, 0.3) is 0 Å². The number of nitrogens with one attached hydrogen (secondary N) is 1. The molecular weight excluding hydrogens is 266 g/mol. The number of carbonyl (C=O) groups excluding carboxylic acids is 1. The molecule has 0 atom stereocenters. The molecule has 1 N–H and O–H groups in total. The van der Waals surface area contributed by atoms with E-state index >= 15 is 0 Å². The third kappa shape index (κ3) is 5.29. The van der Waals surface area contributed by atoms with Gasteiger partial charge in [0.15, 0.2) is 5.75 Å². The number of carbonyl (C=O) groups is 1. The summed E-state index contributed by atoms with van der Waals surface area (Å²) in [4.78, 5) is 21.9. The zero-order valence-electron chi connectivity index (χ0n) is 12.8. The van der Waals surface area contributed by atoms with Crippen molar-refractivity contribution in [1.82, 2.24) is 5.32 Å². The van der Waals surface area contributed by atoms with Crippen molar-refractivity contribution in [3.05, 3.63) is 29.8 Å². The molecule has 1 amide bonds. The van der Waals surface area contributed by atoms with Crippen LogP contribution in [0.1, 0.15) is 57.4 Å². The highest BCUT2D eigenvalue weighted by atomic mass is 17.2. The lowest BCUT2D eigenvalue weighted by molar-refractivity contribution is -0.144. The Bertz CT molecular complexity index is 441. The van der Waals surface area contributed by atoms with Crippen molar-refractivity contribution in [2.75, 3.05) is 0 Å². The molecule has 4 nitrogen and oxygen atoms in total. The van der Waals surface area contributed by atoms with Crippen molar-refractivity contribution in [3.63, 3.8) is 0 Å². The molecule has 1 aromatic carbocycles. The van der Waals surface area contributed by atoms with Gasteiger partial charge in [0.2, 0.25) is 0 Å². The molecule has 21 heavy (non-hydrogen) atoms. The predicted molar refractivity (Wildman–Crippen MR) is 82.2 cm³/mol. The number of hydrogen-bond acceptors (Lipinski definition) is 3. The van der Waals surface area contributed by atoms with Crippen molar-refractivity contribution < 1.29 is 14.6 Å². The number of aryl methyl sites for hydroxylation is 1. The number of para-hydroxylation sites is 1. The van der Waals surface area contributed by atoms with Gasteiger partial charge in [0.25, 0.3) is 0 Å². The molecule has 0 bridgehead atoms. The molecule has 1 fully saturated rings. The Morgan fingerprint density at radius 1 is 1.24 bits per heavy atom. The molecule has 4 heteroatoms. The topological polar surface area (TPSA) is 47.6 Å². The van der Waals surface area contributed by atoms with Gasteiger partial charge in [-0.2, -0.15) is 0 Å². The quantitative estimate of drug-likeness (QED) is 0.625. The summed E-state index contributed by atoms with van der Waals surface area (Å²) in [6.45, 7) is 2.15. The third-order valence-electron chi connectivity index (χ3n) is 3.91. The summed E-state index contributed by atoms with van der Waals surface area (Å²) in [5.74, 6) is 0.629. The van der Waals surface area contributed by atoms with Gasteiger partial charge in [-0.05, 0) is 37.3 Å². The van der Waals surface area contributed by atoms with Crippen LogP contribution in [0, 0.1) is 0 Å². The van der Waals surface area contributed by atoms with E-state index in [1.165, 1.54) is 19.3 Å². The van der Waals surface area contributed by atoms with E-state index in [1.807, 2.05) is 24.3 Å². The first-order chi connectivity index (χ1) is 10.3. The summed E-state index contributed by atoms with van der Waals surface area (Å²) in [5.41, 5.74) is 1.07. The molecule has 0 aromatic heterocycles. The van der Waals surface area contributed by atoms with Crippen LogP contribution in [-0.4, -0.2) is 12.1 Å². The lowest BCUT2D eigenvalue weighted by Crippen LogP contribution is -2.37. The lowest BCUT2D eigenvalue weighted by atomic mass is 9.96. The Morgan fingerprint density at radius 3 is 2.76 bits per heavy atom. The van der Waals surface area contributed by atoms with Crippen molar-refractivity contribution >= 4 is 6.09 Å². The number of unbranched alkanes of at least 4 members (excludes halogenated alkanes) is 1. The average molecular weight is 291 g/mol. The van der Waals surface area contributed by atoms with Crippen LogP contribution in [-0.2, 0) is 11.3 Å². The van der Waals surface area contributed by atoms with Gasteiger partial charge in [-0.1, -0.05) is 50.8 Å². The first-order valence-corrected chi connectivity index (χ1v) is 8.02. The van der Waals surface area contributed by atoms with Crippen LogP contribution in [0.3, 0.4) is 0 Å². The molecule has 0 unspecified atom stereocenters. The van der Waals surface area contributed by atoms with E-state index in [4.69, 9.17) is 9.78 Å². The summed E-state index contributed by atoms with van der Waals surface area (Å²) in [7, 11) is 0. The molecule has 1 aliphatic rings. The van der Waals surface area contributed by atoms with E-state index < -0.39 is 6.09 Å². The van der Waals surface area contributed by atoms with Crippen LogP contribution >= 0.6 is 0 Å². The monoisotopic (exact) mass is 291 g/mol. The van der Waals surface area contributed by atoms with E-state index in [-0.39, 0.29) is 6.04 Å². The minimum atomic E-state index is -0.493. The number of amides is 1. The minimum absolute atomic E-state index is 0.227. The molecule has 0 heterocycles. The highest BCUT2D eigenvalue weighted by molar-refractivity contribution is 5.67. The van der Waals surface area contributed by atoms with Crippen LogP contribution < -0.4 is 10.2 Å². The molecule has 0 aliphatic heterocycles. The van der Waals surface area contributed by atoms with Crippen LogP contribution in [0.5, 0.6) is 5.75 Å². The highest BCUT2D eigenvalue weighted by Gasteiger charge is 2.17. The van der Waals surface area contributed by atoms with E-state index in [0.717, 1.165) is 37.7 Å². The summed E-state index contributed by atoms with van der Waals surface area (Å²) >= 11 is 0. The second kappa shape index (κ2) is 8.55. The first-order valence-electron chi connectivity index (χ1n) is 8.02. The molecule has 116 valence electrons. The molecule has 0 saturated heterocycles. The highest BCUT2D eigenvalue weighted by Crippen LogP contribution is 2.21. The second-order valence-corrected chi connectivity index (χ2v) is 5.64. The summed E-state index contributed by atoms with van der Waals surface area (Å²) in [6.07, 6.45) is 8.31. The Kier molecular flexibility index (Phi) is 6.38. The number of hydrogen-bond donors (Lipinski definition) is 1. The smallest absolute Gasteiger partial charge is 0.316 e. The Morgan fingerprint density at radius 2 is 2.00 bits per heavy atom. The maximum absolute atomic E-state index is 11.8. The molecule has 0 radical (unpaired) electrons. The normalized spacial score (nSPS) is 15.5. The van der Waals surface area contributed by atoms with E-state index in [1.54, 1.807) is 0 Å². The first kappa shape index (κ1) is 15.7. The standard InChI is InChI=1S/C17H25NO3/c1-2-3-9-14-10-7-8-13-16(14)20-21-17(19)18-15-11-5-4-6-12-15/h7-8,10,13,15H,2-6,9,11-12H2,1H3,(H,18,19). The van der Waals surface area contributed by atoms with Gasteiger partial charge in [-0.25, -0.2) is 9.68 Å². The van der Waals surface area contributed by atoms with Gasteiger partial charge in [0.1, 0.15) is 0 Å². The van der Waals surface area contributed by atoms with Crippen molar-refractivity contribution in [2.45, 2.75) is 64.3 Å². The second-order valence-electron chi connectivity index (χ2n) is 5.64. The number of benzene rings is 1. The zero-order chi connectivity index (χ0) is 14.9. The van der Waals surface area contributed by atoms with E-state index in [9.17, 15) is 4.79 Å². The fourth-order valence-electron chi connectivity index (χ4n) is 2.68. The molecule has 2 rings (SSSR count). The summed E-state index contributed by atoms with van der Waals surface area (Å²) in [5, 5.41) is 2.87. The van der Waals surface area contributed by atoms with Gasteiger partial charge in [-0.15, -0.1) is 0 Å². The lowest BCUT2D eigenvalue weighted by Gasteiger charge is -2.21. The maximum atomic E-state index is 11.8. The maximum Gasteiger partial charge on any atom is 0.450 e. The van der Waals surface area contributed by atoms with Crippen LogP contribution in [0.15, 0.2) is 24.3 Å². The number of rotatable bonds is 6. The Balaban J connectivity index is 1.80. The van der Waals surface area contributed by atoms with Crippen molar-refractivity contribution in [1.29, 1.82) is 0 Å². The van der Waals surface area contributed by atoms with Crippen LogP contribution in [0.2, 0.25) is 0 Å². The van der Waals surface area contributed by atoms with E-state index in [0.29, 0.717) is 5.75 Å². The SMILES string of the molecule is CCCCc1ccccc1OOC(=O)NC1CCCCC1. The van der Waals surface area contributed by atoms with Gasteiger partial charge >= 0.3 is 6.09 Å². The van der Waals surface area contributed by atoms with Crippen molar-refractivity contribution in [2.24, 2.45) is 0 Å². The van der Waals surface area contributed by atoms with Gasteiger partial charge < -0.3 is 5.32 Å². The van der Waals surface area contributed by atoms with Gasteiger partial charge in [0, 0.05) is 6.04 Å². The molecule has 1 aliphatic carbocycles. The molecule has 0 spiro atoms.